The molecule has 0 aliphatic rings. The van der Waals surface area contributed by atoms with Crippen LogP contribution in [0.5, 0.6) is 0 Å². The van der Waals surface area contributed by atoms with Gasteiger partial charge >= 0.3 is 0 Å². The van der Waals surface area contributed by atoms with Gasteiger partial charge in [0.15, 0.2) is 0 Å². The zero-order chi connectivity index (χ0) is 12.0. The monoisotopic (exact) mass is 215 g/mol. The Morgan fingerprint density at radius 2 is 2.31 bits per heavy atom. The topological polar surface area (TPSA) is 29.1 Å². The molecule has 0 spiro atoms. The number of hydrogen-bond acceptors (Lipinski definition) is 1. The highest BCUT2D eigenvalue weighted by Gasteiger charge is 2.11. The smallest absolute Gasteiger partial charge is 0.227 e. The third kappa shape index (κ3) is 3.43. The number of carbonyl (C=O) groups is 1. The zero-order valence-corrected chi connectivity index (χ0v) is 9.79. The lowest BCUT2D eigenvalue weighted by Crippen LogP contribution is -2.20. The fourth-order valence-electron chi connectivity index (χ4n) is 1.52. The van der Waals surface area contributed by atoms with Crippen molar-refractivity contribution in [3.05, 3.63) is 29.8 Å². The van der Waals surface area contributed by atoms with Crippen LogP contribution in [-0.4, -0.2) is 5.91 Å². The molecule has 0 aliphatic carbocycles. The van der Waals surface area contributed by atoms with E-state index < -0.39 is 0 Å². The van der Waals surface area contributed by atoms with Gasteiger partial charge in [-0.25, -0.2) is 0 Å². The molecule has 2 heteroatoms. The van der Waals surface area contributed by atoms with Gasteiger partial charge in [-0.1, -0.05) is 32.3 Å². The first-order valence-electron chi connectivity index (χ1n) is 5.55. The molecule has 0 bridgehead atoms. The summed E-state index contributed by atoms with van der Waals surface area (Å²) in [5, 5.41) is 2.87. The maximum atomic E-state index is 11.7. The van der Waals surface area contributed by atoms with Gasteiger partial charge in [-0.3, -0.25) is 4.79 Å². The molecule has 1 amide bonds. The molecule has 1 unspecified atom stereocenters. The maximum Gasteiger partial charge on any atom is 0.227 e. The van der Waals surface area contributed by atoms with E-state index in [0.29, 0.717) is 0 Å². The van der Waals surface area contributed by atoms with Crippen molar-refractivity contribution in [2.24, 2.45) is 5.92 Å². The Bertz CT molecular complexity index is 403. The third-order valence-corrected chi connectivity index (χ3v) is 2.47. The van der Waals surface area contributed by atoms with Crippen LogP contribution in [0.3, 0.4) is 0 Å². The number of terminal acetylenes is 1. The predicted molar refractivity (Wildman–Crippen MR) is 67.1 cm³/mol. The molecular weight excluding hydrogens is 198 g/mol. The van der Waals surface area contributed by atoms with Crippen molar-refractivity contribution in [3.8, 4) is 12.3 Å². The Balaban J connectivity index is 2.66. The first-order valence-corrected chi connectivity index (χ1v) is 5.55. The third-order valence-electron chi connectivity index (χ3n) is 2.47. The van der Waals surface area contributed by atoms with E-state index in [-0.39, 0.29) is 11.8 Å². The van der Waals surface area contributed by atoms with Crippen LogP contribution < -0.4 is 5.32 Å². The average molecular weight is 215 g/mol. The molecule has 0 heterocycles. The molecule has 2 nitrogen and oxygen atoms in total. The minimum Gasteiger partial charge on any atom is -0.326 e. The van der Waals surface area contributed by atoms with Gasteiger partial charge in [0, 0.05) is 17.2 Å². The molecule has 1 rings (SSSR count). The minimum absolute atomic E-state index is 0.0412. The summed E-state index contributed by atoms with van der Waals surface area (Å²) >= 11 is 0. The van der Waals surface area contributed by atoms with Crippen LogP contribution in [0.25, 0.3) is 0 Å². The Morgan fingerprint density at radius 1 is 1.56 bits per heavy atom. The molecule has 16 heavy (non-hydrogen) atoms. The molecule has 0 saturated heterocycles. The van der Waals surface area contributed by atoms with Gasteiger partial charge in [-0.05, 0) is 24.6 Å². The summed E-state index contributed by atoms with van der Waals surface area (Å²) in [6, 6.07) is 7.33. The van der Waals surface area contributed by atoms with Crippen LogP contribution in [0.15, 0.2) is 24.3 Å². The van der Waals surface area contributed by atoms with Crippen LogP contribution in [0.4, 0.5) is 5.69 Å². The zero-order valence-electron chi connectivity index (χ0n) is 9.79. The van der Waals surface area contributed by atoms with Crippen molar-refractivity contribution in [1.82, 2.24) is 0 Å². The summed E-state index contributed by atoms with van der Waals surface area (Å²) in [5.74, 6) is 2.64. The Kier molecular flexibility index (Phi) is 4.60. The molecule has 0 fully saturated rings. The van der Waals surface area contributed by atoms with E-state index in [0.717, 1.165) is 24.1 Å². The standard InChI is InChI=1S/C14H17NO/c1-4-7-11(3)14(16)15-13-9-6-8-12(5-2)10-13/h2,6,8-11H,4,7H2,1,3H3,(H,15,16). The van der Waals surface area contributed by atoms with Gasteiger partial charge in [-0.15, -0.1) is 6.42 Å². The summed E-state index contributed by atoms with van der Waals surface area (Å²) < 4.78 is 0. The quantitative estimate of drug-likeness (QED) is 0.768. The number of carbonyl (C=O) groups excluding carboxylic acids is 1. The van der Waals surface area contributed by atoms with Crippen LogP contribution >= 0.6 is 0 Å². The van der Waals surface area contributed by atoms with Gasteiger partial charge in [-0.2, -0.15) is 0 Å². The average Bonchev–Trinajstić information content (AvgIpc) is 2.29. The highest BCUT2D eigenvalue weighted by Crippen LogP contribution is 2.13. The Labute approximate surface area is 97.1 Å². The van der Waals surface area contributed by atoms with E-state index in [4.69, 9.17) is 6.42 Å². The Morgan fingerprint density at radius 3 is 2.94 bits per heavy atom. The minimum atomic E-state index is 0.0412. The number of amides is 1. The highest BCUT2D eigenvalue weighted by molar-refractivity contribution is 5.92. The van der Waals surface area contributed by atoms with Crippen molar-refractivity contribution < 1.29 is 4.79 Å². The highest BCUT2D eigenvalue weighted by atomic mass is 16.1. The first kappa shape index (κ1) is 12.3. The van der Waals surface area contributed by atoms with Gasteiger partial charge in [0.2, 0.25) is 5.91 Å². The summed E-state index contributed by atoms with van der Waals surface area (Å²) in [6.07, 6.45) is 7.21. The molecule has 1 atom stereocenters. The number of benzene rings is 1. The SMILES string of the molecule is C#Cc1cccc(NC(=O)C(C)CCC)c1. The molecule has 0 aliphatic heterocycles. The molecule has 84 valence electrons. The second kappa shape index (κ2) is 5.97. The normalized spacial score (nSPS) is 11.6. The maximum absolute atomic E-state index is 11.7. The lowest BCUT2D eigenvalue weighted by Gasteiger charge is -2.11. The number of hydrogen-bond donors (Lipinski definition) is 1. The fraction of sp³-hybridized carbons (Fsp3) is 0.357. The molecule has 0 radical (unpaired) electrons. The molecule has 1 aromatic rings. The van der Waals surface area contributed by atoms with E-state index in [1.807, 2.05) is 25.1 Å². The van der Waals surface area contributed by atoms with E-state index in [1.165, 1.54) is 0 Å². The largest absolute Gasteiger partial charge is 0.326 e. The lowest BCUT2D eigenvalue weighted by molar-refractivity contribution is -0.119. The second-order valence-electron chi connectivity index (χ2n) is 3.90. The van der Waals surface area contributed by atoms with Crippen LogP contribution in [-0.2, 0) is 4.79 Å². The molecule has 0 saturated carbocycles. The predicted octanol–water partition coefficient (Wildman–Crippen LogP) is 3.04. The van der Waals surface area contributed by atoms with Crippen molar-refractivity contribution in [2.45, 2.75) is 26.7 Å². The van der Waals surface area contributed by atoms with Crippen molar-refractivity contribution in [1.29, 1.82) is 0 Å². The number of rotatable bonds is 4. The van der Waals surface area contributed by atoms with Gasteiger partial charge < -0.3 is 5.32 Å². The van der Waals surface area contributed by atoms with Gasteiger partial charge in [0.05, 0.1) is 0 Å². The fourth-order valence-corrected chi connectivity index (χ4v) is 1.52. The lowest BCUT2D eigenvalue weighted by atomic mass is 10.1. The number of nitrogens with one attached hydrogen (secondary N) is 1. The van der Waals surface area contributed by atoms with Crippen molar-refractivity contribution in [2.75, 3.05) is 5.32 Å². The Hall–Kier alpha value is -1.75. The first-order chi connectivity index (χ1) is 7.67. The van der Waals surface area contributed by atoms with E-state index in [9.17, 15) is 4.79 Å². The van der Waals surface area contributed by atoms with Gasteiger partial charge in [0.1, 0.15) is 0 Å². The summed E-state index contributed by atoms with van der Waals surface area (Å²) in [6.45, 7) is 4.01. The van der Waals surface area contributed by atoms with Crippen LogP contribution in [0, 0.1) is 18.3 Å². The summed E-state index contributed by atoms with van der Waals surface area (Å²) in [4.78, 5) is 11.7. The second-order valence-corrected chi connectivity index (χ2v) is 3.90. The molecule has 1 N–H and O–H groups in total. The summed E-state index contributed by atoms with van der Waals surface area (Å²) in [5.41, 5.74) is 1.55. The van der Waals surface area contributed by atoms with E-state index in [2.05, 4.69) is 18.2 Å². The molecule has 0 aromatic heterocycles. The molecular formula is C14H17NO. The van der Waals surface area contributed by atoms with Crippen molar-refractivity contribution >= 4 is 11.6 Å². The van der Waals surface area contributed by atoms with Crippen molar-refractivity contribution in [3.63, 3.8) is 0 Å². The number of anilines is 1. The van der Waals surface area contributed by atoms with Gasteiger partial charge in [0.25, 0.3) is 0 Å². The summed E-state index contributed by atoms with van der Waals surface area (Å²) in [7, 11) is 0. The van der Waals surface area contributed by atoms with Crippen LogP contribution in [0.2, 0.25) is 0 Å². The van der Waals surface area contributed by atoms with E-state index >= 15 is 0 Å². The van der Waals surface area contributed by atoms with Crippen LogP contribution in [0.1, 0.15) is 32.3 Å². The van der Waals surface area contributed by atoms with E-state index in [1.54, 1.807) is 6.07 Å². The molecule has 1 aromatic carbocycles.